The molecule has 1 heterocycles. The Balaban J connectivity index is 0. The van der Waals surface area contributed by atoms with Crippen molar-refractivity contribution in [1.82, 2.24) is 5.32 Å². The third kappa shape index (κ3) is 3.58. The summed E-state index contributed by atoms with van der Waals surface area (Å²) < 4.78 is 0. The van der Waals surface area contributed by atoms with Crippen LogP contribution in [0, 0.1) is 0 Å². The summed E-state index contributed by atoms with van der Waals surface area (Å²) in [5, 5.41) is 11.4. The van der Waals surface area contributed by atoms with E-state index in [1.165, 1.54) is 0 Å². The average Bonchev–Trinajstić information content (AvgIpc) is 1.88. The molecule has 0 saturated carbocycles. The van der Waals surface area contributed by atoms with Crippen LogP contribution in [0.1, 0.15) is 12.8 Å². The van der Waals surface area contributed by atoms with Crippen LogP contribution < -0.4 is 11.1 Å². The fourth-order valence-corrected chi connectivity index (χ4v) is 1.18. The number of carboxylic acid groups (broad SMARTS) is 1. The van der Waals surface area contributed by atoms with Gasteiger partial charge in [-0.1, -0.05) is 0 Å². The zero-order valence-electron chi connectivity index (χ0n) is 6.53. The second-order valence-corrected chi connectivity index (χ2v) is 2.58. The average molecular weight is 217 g/mol. The minimum absolute atomic E-state index is 0. The van der Waals surface area contributed by atoms with Crippen LogP contribution in [0.3, 0.4) is 0 Å². The SMILES string of the molecule is Cl.Cl.NC1CCCNC1C(=O)O. The largest absolute Gasteiger partial charge is 0.480 e. The smallest absolute Gasteiger partial charge is 0.322 e. The lowest BCUT2D eigenvalue weighted by atomic mass is 10.00. The Kier molecular flexibility index (Phi) is 7.83. The number of hydrogen-bond acceptors (Lipinski definition) is 3. The maximum absolute atomic E-state index is 10.4. The van der Waals surface area contributed by atoms with Crippen LogP contribution in [-0.4, -0.2) is 29.7 Å². The summed E-state index contributed by atoms with van der Waals surface area (Å²) in [6, 6.07) is -0.750. The molecular weight excluding hydrogens is 203 g/mol. The Bertz CT molecular complexity index is 146. The highest BCUT2D eigenvalue weighted by Gasteiger charge is 2.26. The zero-order chi connectivity index (χ0) is 7.56. The van der Waals surface area contributed by atoms with Crippen molar-refractivity contribution in [3.05, 3.63) is 0 Å². The van der Waals surface area contributed by atoms with Crippen LogP contribution in [0.5, 0.6) is 0 Å². The van der Waals surface area contributed by atoms with Gasteiger partial charge in [0.25, 0.3) is 0 Å². The van der Waals surface area contributed by atoms with Gasteiger partial charge in [0.2, 0.25) is 0 Å². The highest BCUT2D eigenvalue weighted by Crippen LogP contribution is 2.05. The standard InChI is InChI=1S/C6H12N2O2.2ClH/c7-4-2-1-3-8-5(4)6(9)10;;/h4-5,8H,1-3,7H2,(H,9,10);2*1H. The van der Waals surface area contributed by atoms with Crippen molar-refractivity contribution in [2.45, 2.75) is 24.9 Å². The topological polar surface area (TPSA) is 75.3 Å². The van der Waals surface area contributed by atoms with E-state index in [1.54, 1.807) is 0 Å². The van der Waals surface area contributed by atoms with Crippen LogP contribution in [0.15, 0.2) is 0 Å². The summed E-state index contributed by atoms with van der Waals surface area (Å²) in [6.07, 6.45) is 1.79. The predicted octanol–water partition coefficient (Wildman–Crippen LogP) is -0.00610. The Morgan fingerprint density at radius 1 is 1.50 bits per heavy atom. The van der Waals surface area contributed by atoms with Crippen LogP contribution in [0.4, 0.5) is 0 Å². The summed E-state index contributed by atoms with van der Waals surface area (Å²) in [4.78, 5) is 10.4. The molecule has 0 aliphatic carbocycles. The molecule has 0 amide bonds. The summed E-state index contributed by atoms with van der Waals surface area (Å²) >= 11 is 0. The zero-order valence-corrected chi connectivity index (χ0v) is 8.16. The molecule has 0 aromatic rings. The molecule has 0 bridgehead atoms. The molecule has 1 saturated heterocycles. The van der Waals surface area contributed by atoms with Crippen molar-refractivity contribution >= 4 is 30.8 Å². The Labute approximate surface area is 83.7 Å². The fraction of sp³-hybridized carbons (Fsp3) is 0.833. The first-order valence-electron chi connectivity index (χ1n) is 3.43. The van der Waals surface area contributed by atoms with Gasteiger partial charge >= 0.3 is 5.97 Å². The number of hydrogen-bond donors (Lipinski definition) is 3. The van der Waals surface area contributed by atoms with Crippen LogP contribution >= 0.6 is 24.8 Å². The molecule has 1 fully saturated rings. The molecule has 0 radical (unpaired) electrons. The van der Waals surface area contributed by atoms with Crippen molar-refractivity contribution in [3.63, 3.8) is 0 Å². The molecule has 2 atom stereocenters. The second kappa shape index (κ2) is 6.48. The molecule has 1 rings (SSSR count). The first kappa shape index (κ1) is 14.5. The monoisotopic (exact) mass is 216 g/mol. The van der Waals surface area contributed by atoms with E-state index >= 15 is 0 Å². The molecule has 4 N–H and O–H groups in total. The normalized spacial score (nSPS) is 28.1. The van der Waals surface area contributed by atoms with Gasteiger partial charge in [-0.3, -0.25) is 4.79 Å². The van der Waals surface area contributed by atoms with E-state index in [4.69, 9.17) is 10.8 Å². The van der Waals surface area contributed by atoms with E-state index in [0.717, 1.165) is 19.4 Å². The molecule has 12 heavy (non-hydrogen) atoms. The van der Waals surface area contributed by atoms with Gasteiger partial charge in [0.1, 0.15) is 6.04 Å². The molecule has 74 valence electrons. The van der Waals surface area contributed by atoms with Gasteiger partial charge in [0.15, 0.2) is 0 Å². The molecule has 1 aliphatic heterocycles. The van der Waals surface area contributed by atoms with E-state index in [1.807, 2.05) is 0 Å². The molecule has 0 aromatic carbocycles. The van der Waals surface area contributed by atoms with Gasteiger partial charge in [0.05, 0.1) is 0 Å². The highest BCUT2D eigenvalue weighted by atomic mass is 35.5. The van der Waals surface area contributed by atoms with E-state index in [0.29, 0.717) is 0 Å². The molecule has 0 spiro atoms. The lowest BCUT2D eigenvalue weighted by Crippen LogP contribution is -2.53. The molecule has 2 unspecified atom stereocenters. The molecular formula is C6H14Cl2N2O2. The van der Waals surface area contributed by atoms with Crippen LogP contribution in [0.25, 0.3) is 0 Å². The van der Waals surface area contributed by atoms with E-state index in [2.05, 4.69) is 5.32 Å². The second-order valence-electron chi connectivity index (χ2n) is 2.58. The third-order valence-corrected chi connectivity index (χ3v) is 1.77. The number of rotatable bonds is 1. The van der Waals surface area contributed by atoms with Crippen LogP contribution in [0.2, 0.25) is 0 Å². The number of halogens is 2. The minimum atomic E-state index is -0.841. The summed E-state index contributed by atoms with van der Waals surface area (Å²) in [7, 11) is 0. The molecule has 4 nitrogen and oxygen atoms in total. The van der Waals surface area contributed by atoms with Crippen molar-refractivity contribution in [3.8, 4) is 0 Å². The van der Waals surface area contributed by atoms with Gasteiger partial charge in [-0.15, -0.1) is 24.8 Å². The Morgan fingerprint density at radius 2 is 2.08 bits per heavy atom. The first-order valence-corrected chi connectivity index (χ1v) is 3.43. The van der Waals surface area contributed by atoms with Crippen LogP contribution in [-0.2, 0) is 4.79 Å². The van der Waals surface area contributed by atoms with Crippen molar-refractivity contribution in [2.24, 2.45) is 5.73 Å². The lowest BCUT2D eigenvalue weighted by Gasteiger charge is -2.25. The maximum atomic E-state index is 10.4. The van der Waals surface area contributed by atoms with Gasteiger partial charge in [-0.25, -0.2) is 0 Å². The Morgan fingerprint density at radius 3 is 2.42 bits per heavy atom. The van der Waals surface area contributed by atoms with Gasteiger partial charge < -0.3 is 16.2 Å². The maximum Gasteiger partial charge on any atom is 0.322 e. The molecule has 1 aliphatic rings. The third-order valence-electron chi connectivity index (χ3n) is 1.77. The molecule has 0 aromatic heterocycles. The highest BCUT2D eigenvalue weighted by molar-refractivity contribution is 5.85. The van der Waals surface area contributed by atoms with Gasteiger partial charge in [-0.05, 0) is 19.4 Å². The Hall–Kier alpha value is -0.0300. The number of carbonyl (C=O) groups is 1. The first-order chi connectivity index (χ1) is 4.72. The van der Waals surface area contributed by atoms with Gasteiger partial charge in [-0.2, -0.15) is 0 Å². The van der Waals surface area contributed by atoms with E-state index in [-0.39, 0.29) is 30.9 Å². The fourth-order valence-electron chi connectivity index (χ4n) is 1.18. The van der Waals surface area contributed by atoms with Gasteiger partial charge in [0, 0.05) is 6.04 Å². The number of carboxylic acids is 1. The molecule has 6 heteroatoms. The van der Waals surface area contributed by atoms with E-state index in [9.17, 15) is 4.79 Å². The number of nitrogens with two attached hydrogens (primary N) is 1. The van der Waals surface area contributed by atoms with Crippen molar-refractivity contribution in [1.29, 1.82) is 0 Å². The summed E-state index contributed by atoms with van der Waals surface area (Å²) in [5.41, 5.74) is 5.54. The summed E-state index contributed by atoms with van der Waals surface area (Å²) in [6.45, 7) is 0.769. The number of aliphatic carboxylic acids is 1. The van der Waals surface area contributed by atoms with E-state index < -0.39 is 12.0 Å². The number of nitrogens with one attached hydrogen (secondary N) is 1. The van der Waals surface area contributed by atoms with Crippen molar-refractivity contribution in [2.75, 3.05) is 6.54 Å². The lowest BCUT2D eigenvalue weighted by molar-refractivity contribution is -0.140. The predicted molar refractivity (Wildman–Crippen MR) is 51.1 cm³/mol. The van der Waals surface area contributed by atoms with Crippen molar-refractivity contribution < 1.29 is 9.90 Å². The summed E-state index contributed by atoms with van der Waals surface area (Å²) in [5.74, 6) is -0.841. The quantitative estimate of drug-likeness (QED) is 0.577. The number of piperidine rings is 1. The minimum Gasteiger partial charge on any atom is -0.480 e.